The SMILES string of the molecule is COc1c(-c2nc3ccc(NS(C)(=O)=O)cc3s2)cc(N2C(=O)CCNC2=O)cc1C(C)(C)C. The van der Waals surface area contributed by atoms with Crippen LogP contribution in [0.3, 0.4) is 0 Å². The molecule has 0 atom stereocenters. The Labute approximate surface area is 202 Å². The van der Waals surface area contributed by atoms with Crippen LogP contribution in [-0.2, 0) is 20.2 Å². The lowest BCUT2D eigenvalue weighted by Gasteiger charge is -2.29. The molecule has 180 valence electrons. The van der Waals surface area contributed by atoms with Gasteiger partial charge in [-0.05, 0) is 35.7 Å². The highest BCUT2D eigenvalue weighted by molar-refractivity contribution is 7.92. The van der Waals surface area contributed by atoms with Crippen molar-refractivity contribution in [1.82, 2.24) is 10.3 Å². The quantitative estimate of drug-likeness (QED) is 0.543. The number of methoxy groups -OCH3 is 1. The van der Waals surface area contributed by atoms with Crippen molar-refractivity contribution in [2.24, 2.45) is 0 Å². The number of nitrogens with zero attached hydrogens (tertiary/aromatic N) is 2. The monoisotopic (exact) mass is 502 g/mol. The highest BCUT2D eigenvalue weighted by atomic mass is 32.2. The number of carbonyl (C=O) groups is 2. The van der Waals surface area contributed by atoms with Crippen molar-refractivity contribution in [3.63, 3.8) is 0 Å². The van der Waals surface area contributed by atoms with Gasteiger partial charge in [-0.3, -0.25) is 9.52 Å². The van der Waals surface area contributed by atoms with Crippen LogP contribution in [0.5, 0.6) is 5.75 Å². The van der Waals surface area contributed by atoms with Crippen LogP contribution in [0.1, 0.15) is 32.8 Å². The fourth-order valence-corrected chi connectivity index (χ4v) is 5.41. The van der Waals surface area contributed by atoms with Crippen molar-refractivity contribution in [2.75, 3.05) is 29.5 Å². The first-order chi connectivity index (χ1) is 15.9. The second kappa shape index (κ2) is 8.55. The third-order valence-electron chi connectivity index (χ3n) is 5.33. The van der Waals surface area contributed by atoms with E-state index >= 15 is 0 Å². The van der Waals surface area contributed by atoms with Crippen LogP contribution in [0, 0.1) is 0 Å². The molecular weight excluding hydrogens is 476 g/mol. The summed E-state index contributed by atoms with van der Waals surface area (Å²) >= 11 is 1.37. The first-order valence-corrected chi connectivity index (χ1v) is 13.3. The van der Waals surface area contributed by atoms with E-state index in [1.165, 1.54) is 11.3 Å². The lowest BCUT2D eigenvalue weighted by molar-refractivity contribution is -0.118. The molecule has 1 aliphatic rings. The molecule has 3 aromatic rings. The molecule has 2 N–H and O–H groups in total. The molecular formula is C23H26N4O5S2. The van der Waals surface area contributed by atoms with Gasteiger partial charge in [0.1, 0.15) is 10.8 Å². The van der Waals surface area contributed by atoms with Gasteiger partial charge in [0.2, 0.25) is 15.9 Å². The van der Waals surface area contributed by atoms with Crippen LogP contribution in [0.25, 0.3) is 20.8 Å². The predicted octanol–water partition coefficient (Wildman–Crippen LogP) is 4.09. The topological polar surface area (TPSA) is 118 Å². The summed E-state index contributed by atoms with van der Waals surface area (Å²) in [7, 11) is -1.84. The van der Waals surface area contributed by atoms with Crippen molar-refractivity contribution in [3.8, 4) is 16.3 Å². The smallest absolute Gasteiger partial charge is 0.328 e. The predicted molar refractivity (Wildman–Crippen MR) is 134 cm³/mol. The number of carbonyl (C=O) groups excluding carboxylic acids is 2. The van der Waals surface area contributed by atoms with E-state index in [0.29, 0.717) is 39.8 Å². The Morgan fingerprint density at radius 1 is 1.18 bits per heavy atom. The van der Waals surface area contributed by atoms with Crippen LogP contribution in [-0.4, -0.2) is 45.3 Å². The number of fused-ring (bicyclic) bond motifs is 1. The number of nitrogens with one attached hydrogen (secondary N) is 2. The molecule has 11 heteroatoms. The van der Waals surface area contributed by atoms with Gasteiger partial charge in [-0.15, -0.1) is 11.3 Å². The summed E-state index contributed by atoms with van der Waals surface area (Å²) in [4.78, 5) is 31.1. The van der Waals surface area contributed by atoms with Gasteiger partial charge in [-0.1, -0.05) is 20.8 Å². The zero-order valence-corrected chi connectivity index (χ0v) is 21.2. The maximum Gasteiger partial charge on any atom is 0.328 e. The van der Waals surface area contributed by atoms with Crippen LogP contribution >= 0.6 is 11.3 Å². The van der Waals surface area contributed by atoms with Crippen molar-refractivity contribution < 1.29 is 22.7 Å². The molecule has 0 radical (unpaired) electrons. The summed E-state index contributed by atoms with van der Waals surface area (Å²) in [5, 5.41) is 3.34. The zero-order chi connectivity index (χ0) is 24.8. The number of aromatic nitrogens is 1. The zero-order valence-electron chi connectivity index (χ0n) is 19.6. The molecule has 3 amide bonds. The van der Waals surface area contributed by atoms with E-state index in [0.717, 1.165) is 21.4 Å². The van der Waals surface area contributed by atoms with Crippen LogP contribution in [0.4, 0.5) is 16.2 Å². The maximum absolute atomic E-state index is 12.6. The van der Waals surface area contributed by atoms with Crippen LogP contribution in [0.2, 0.25) is 0 Å². The summed E-state index contributed by atoms with van der Waals surface area (Å²) in [5.74, 6) is 0.329. The Bertz CT molecular complexity index is 1390. The Balaban J connectivity index is 1.91. The highest BCUT2D eigenvalue weighted by Gasteiger charge is 2.31. The number of thiazole rings is 1. The van der Waals surface area contributed by atoms with E-state index in [1.807, 2.05) is 26.8 Å². The molecule has 0 saturated carbocycles. The molecule has 9 nitrogen and oxygen atoms in total. The summed E-state index contributed by atoms with van der Waals surface area (Å²) in [6.45, 7) is 6.39. The Morgan fingerprint density at radius 2 is 1.91 bits per heavy atom. The van der Waals surface area contributed by atoms with Gasteiger partial charge in [-0.2, -0.15) is 0 Å². The summed E-state index contributed by atoms with van der Waals surface area (Å²) in [5.41, 5.74) is 2.70. The number of anilines is 2. The van der Waals surface area contributed by atoms with Crippen molar-refractivity contribution in [1.29, 1.82) is 0 Å². The van der Waals surface area contributed by atoms with Crippen LogP contribution < -0.4 is 19.7 Å². The van der Waals surface area contributed by atoms with Crippen molar-refractivity contribution >= 4 is 54.9 Å². The fourth-order valence-electron chi connectivity index (χ4n) is 3.84. The summed E-state index contributed by atoms with van der Waals surface area (Å²) < 4.78 is 32.3. The minimum Gasteiger partial charge on any atom is -0.496 e. The molecule has 0 unspecified atom stereocenters. The number of hydrogen-bond acceptors (Lipinski definition) is 7. The van der Waals surface area contributed by atoms with E-state index in [4.69, 9.17) is 9.72 Å². The van der Waals surface area contributed by atoms with Gasteiger partial charge < -0.3 is 10.1 Å². The maximum atomic E-state index is 12.6. The average Bonchev–Trinajstić information content (AvgIpc) is 3.14. The largest absolute Gasteiger partial charge is 0.496 e. The molecule has 1 fully saturated rings. The Hall–Kier alpha value is -3.18. The average molecular weight is 503 g/mol. The number of amides is 3. The van der Waals surface area contributed by atoms with Crippen molar-refractivity contribution in [3.05, 3.63) is 35.9 Å². The standard InChI is InChI=1S/C23H26N4O5S2/c1-23(2,3)16-12-14(27-19(28)8-9-24-22(27)29)11-15(20(16)32-4)21-25-17-7-6-13(10-18(17)33-21)26-34(5,30)31/h6-7,10-12,26H,8-9H2,1-5H3,(H,24,29). The van der Waals surface area contributed by atoms with E-state index < -0.39 is 16.1 Å². The molecule has 2 heterocycles. The van der Waals surface area contributed by atoms with Gasteiger partial charge in [0.15, 0.2) is 0 Å². The fraction of sp³-hybridized carbons (Fsp3) is 0.348. The third kappa shape index (κ3) is 4.71. The molecule has 0 aliphatic carbocycles. The lowest BCUT2D eigenvalue weighted by atomic mass is 9.84. The molecule has 2 aromatic carbocycles. The second-order valence-electron chi connectivity index (χ2n) is 9.11. The minimum atomic E-state index is -3.41. The summed E-state index contributed by atoms with van der Waals surface area (Å²) in [6.07, 6.45) is 1.31. The Morgan fingerprint density at radius 3 is 2.53 bits per heavy atom. The van der Waals surface area contributed by atoms with E-state index in [-0.39, 0.29) is 17.7 Å². The number of benzene rings is 2. The van der Waals surface area contributed by atoms with Crippen molar-refractivity contribution in [2.45, 2.75) is 32.6 Å². The molecule has 1 saturated heterocycles. The minimum absolute atomic E-state index is 0.217. The summed E-state index contributed by atoms with van der Waals surface area (Å²) in [6, 6.07) is 8.20. The number of imide groups is 1. The first-order valence-electron chi connectivity index (χ1n) is 10.6. The first kappa shape index (κ1) is 24.0. The van der Waals surface area contributed by atoms with E-state index in [2.05, 4.69) is 10.0 Å². The molecule has 1 aromatic heterocycles. The number of rotatable bonds is 5. The molecule has 0 bridgehead atoms. The Kier molecular flexibility index (Phi) is 6.03. The lowest BCUT2D eigenvalue weighted by Crippen LogP contribution is -2.50. The van der Waals surface area contributed by atoms with Gasteiger partial charge in [0.25, 0.3) is 0 Å². The van der Waals surface area contributed by atoms with Gasteiger partial charge in [0, 0.05) is 18.5 Å². The molecule has 4 rings (SSSR count). The molecule has 1 aliphatic heterocycles. The highest BCUT2D eigenvalue weighted by Crippen LogP contribution is 2.45. The van der Waals surface area contributed by atoms with E-state index in [9.17, 15) is 18.0 Å². The third-order valence-corrected chi connectivity index (χ3v) is 6.99. The number of urea groups is 1. The van der Waals surface area contributed by atoms with Gasteiger partial charge in [-0.25, -0.2) is 23.1 Å². The number of hydrogen-bond donors (Lipinski definition) is 2. The molecule has 0 spiro atoms. The number of sulfonamides is 1. The van der Waals surface area contributed by atoms with Gasteiger partial charge in [0.05, 0.1) is 40.5 Å². The van der Waals surface area contributed by atoms with Gasteiger partial charge >= 0.3 is 6.03 Å². The van der Waals surface area contributed by atoms with Crippen LogP contribution in [0.15, 0.2) is 30.3 Å². The normalized spacial score (nSPS) is 14.9. The second-order valence-corrected chi connectivity index (χ2v) is 11.9. The number of ether oxygens (including phenoxy) is 1. The van der Waals surface area contributed by atoms with E-state index in [1.54, 1.807) is 31.4 Å². The molecule has 34 heavy (non-hydrogen) atoms.